The molecule has 54 heavy (non-hydrogen) atoms. The Hall–Kier alpha value is -4.06. The van der Waals surface area contributed by atoms with Gasteiger partial charge >= 0.3 is 5.97 Å². The molecule has 1 N–H and O–H groups in total. The highest BCUT2D eigenvalue weighted by atomic mass is 35.5. The molecule has 0 bridgehead atoms. The summed E-state index contributed by atoms with van der Waals surface area (Å²) in [5, 5.41) is 14.5. The van der Waals surface area contributed by atoms with E-state index in [1.807, 2.05) is 0 Å². The van der Waals surface area contributed by atoms with E-state index in [0.717, 1.165) is 43.2 Å². The van der Waals surface area contributed by atoms with Crippen LogP contribution in [0.5, 0.6) is 0 Å². The number of hydrogen-bond donors (Lipinski definition) is 1. The van der Waals surface area contributed by atoms with Crippen molar-refractivity contribution in [2.45, 2.75) is 73.3 Å². The number of nitro benzene ring substituents is 1. The normalized spacial score (nSPS) is 21.5. The lowest BCUT2D eigenvalue weighted by Crippen LogP contribution is -2.33. The van der Waals surface area contributed by atoms with Crippen LogP contribution in [-0.4, -0.2) is 53.6 Å². The van der Waals surface area contributed by atoms with E-state index in [2.05, 4.69) is 10.1 Å². The van der Waals surface area contributed by atoms with Gasteiger partial charge in [-0.1, -0.05) is 23.2 Å². The van der Waals surface area contributed by atoms with Gasteiger partial charge in [-0.05, 0) is 68.1 Å². The van der Waals surface area contributed by atoms with Gasteiger partial charge in [0, 0.05) is 48.3 Å². The van der Waals surface area contributed by atoms with Crippen molar-refractivity contribution in [1.82, 2.24) is 18.7 Å². The van der Waals surface area contributed by atoms with Gasteiger partial charge in [-0.3, -0.25) is 38.7 Å². The van der Waals surface area contributed by atoms with Crippen molar-refractivity contribution >= 4 is 70.0 Å². The van der Waals surface area contributed by atoms with E-state index in [1.165, 1.54) is 40.4 Å². The number of esters is 1. The molecule has 2 aromatic heterocycles. The second-order valence-corrected chi connectivity index (χ2v) is 16.8. The summed E-state index contributed by atoms with van der Waals surface area (Å²) >= 11 is 15.2. The van der Waals surface area contributed by atoms with Crippen LogP contribution in [0, 0.1) is 39.5 Å². The summed E-state index contributed by atoms with van der Waals surface area (Å²) in [6.07, 6.45) is 3.85. The van der Waals surface area contributed by atoms with Gasteiger partial charge in [-0.2, -0.15) is 0 Å². The number of rotatable bonds is 9. The molecule has 4 aromatic rings. The predicted octanol–water partition coefficient (Wildman–Crippen LogP) is 6.66. The minimum absolute atomic E-state index is 0.0259. The van der Waals surface area contributed by atoms with Crippen molar-refractivity contribution in [2.24, 2.45) is 17.8 Å². The molecule has 0 radical (unpaired) electrons. The molecule has 1 saturated carbocycles. The number of nitro groups is 1. The summed E-state index contributed by atoms with van der Waals surface area (Å²) in [7, 11) is 1.17. The first-order valence-corrected chi connectivity index (χ1v) is 20.0. The number of hydrogen-bond acceptors (Lipinski definition) is 9. The number of amides is 1. The van der Waals surface area contributed by atoms with Crippen LogP contribution < -0.4 is 16.4 Å². The molecule has 3 unspecified atom stereocenters. The van der Waals surface area contributed by atoms with Gasteiger partial charge in [0.25, 0.3) is 16.8 Å². The van der Waals surface area contributed by atoms with E-state index in [-0.39, 0.29) is 79.0 Å². The maximum absolute atomic E-state index is 15.6. The molecule has 13 nitrogen and oxygen atoms in total. The van der Waals surface area contributed by atoms with Crippen molar-refractivity contribution < 1.29 is 28.0 Å². The number of carbonyl (C=O) groups is 2. The van der Waals surface area contributed by atoms with Gasteiger partial charge in [0.05, 0.1) is 44.7 Å². The summed E-state index contributed by atoms with van der Waals surface area (Å²) in [6, 6.07) is 4.73. The second kappa shape index (κ2) is 14.2. The minimum Gasteiger partial charge on any atom is -0.468 e. The SMILES string of the molecule is COC(=O)CSc1cc(F)c(-c2c(Cl)n3n(c2=O)CC(CC2C[C@@H]2C2Sc4cc(F)c(-c5c(Cl)n6n(c5=O)CCCC6)cc4NC2=O)CC3)cc1[N+](=O)[O-]. The monoisotopic (exact) mass is 820 g/mol. The summed E-state index contributed by atoms with van der Waals surface area (Å²) in [5.41, 5.74) is -1.33. The molecule has 284 valence electrons. The molecule has 1 aliphatic carbocycles. The molecular weight excluding hydrogens is 789 g/mol. The molecule has 0 spiro atoms. The molecule has 4 atom stereocenters. The Kier molecular flexibility index (Phi) is 9.71. The van der Waals surface area contributed by atoms with Gasteiger partial charge in [-0.15, -0.1) is 23.5 Å². The molecule has 19 heteroatoms. The Labute approximate surface area is 324 Å². The number of fused-ring (bicyclic) bond motifs is 3. The van der Waals surface area contributed by atoms with Crippen molar-refractivity contribution in [3.05, 3.63) is 77.0 Å². The lowest BCUT2D eigenvalue weighted by molar-refractivity contribution is -0.387. The van der Waals surface area contributed by atoms with Crippen molar-refractivity contribution in [3.63, 3.8) is 0 Å². The average molecular weight is 822 g/mol. The van der Waals surface area contributed by atoms with E-state index in [0.29, 0.717) is 43.1 Å². The predicted molar refractivity (Wildman–Crippen MR) is 199 cm³/mol. The van der Waals surface area contributed by atoms with Crippen LogP contribution in [0.4, 0.5) is 20.2 Å². The fourth-order valence-electron chi connectivity index (χ4n) is 7.92. The Morgan fingerprint density at radius 1 is 0.981 bits per heavy atom. The Balaban J connectivity index is 0.966. The summed E-state index contributed by atoms with van der Waals surface area (Å²) in [6.45, 7) is 1.72. The summed E-state index contributed by atoms with van der Waals surface area (Å²) < 4.78 is 41.9. The highest BCUT2D eigenvalue weighted by Crippen LogP contribution is 2.54. The average Bonchev–Trinajstić information content (AvgIpc) is 3.80. The second-order valence-electron chi connectivity index (χ2n) is 13.9. The highest BCUT2D eigenvalue weighted by Gasteiger charge is 2.49. The van der Waals surface area contributed by atoms with Crippen LogP contribution in [0.2, 0.25) is 10.3 Å². The smallest absolute Gasteiger partial charge is 0.315 e. The first-order chi connectivity index (χ1) is 25.9. The van der Waals surface area contributed by atoms with E-state index in [9.17, 15) is 29.3 Å². The fourth-order valence-corrected chi connectivity index (χ4v) is 10.9. The van der Waals surface area contributed by atoms with Crippen molar-refractivity contribution in [2.75, 3.05) is 18.2 Å². The van der Waals surface area contributed by atoms with Crippen LogP contribution >= 0.6 is 46.7 Å². The first-order valence-electron chi connectivity index (χ1n) is 17.3. The molecule has 8 rings (SSSR count). The molecule has 1 fully saturated rings. The number of thioether (sulfide) groups is 2. The van der Waals surface area contributed by atoms with Gasteiger partial charge in [0.2, 0.25) is 5.91 Å². The van der Waals surface area contributed by atoms with Crippen LogP contribution in [0.1, 0.15) is 32.1 Å². The van der Waals surface area contributed by atoms with E-state index in [1.54, 1.807) is 9.36 Å². The van der Waals surface area contributed by atoms with Gasteiger partial charge < -0.3 is 10.1 Å². The third-order valence-electron chi connectivity index (χ3n) is 10.7. The molecular formula is C35H32Cl2F2N6O7S2. The lowest BCUT2D eigenvalue weighted by atomic mass is 9.96. The molecule has 3 aliphatic heterocycles. The Morgan fingerprint density at radius 3 is 2.31 bits per heavy atom. The number of ether oxygens (including phenoxy) is 1. The van der Waals surface area contributed by atoms with Crippen molar-refractivity contribution in [1.29, 1.82) is 0 Å². The number of anilines is 1. The zero-order chi connectivity index (χ0) is 38.2. The fraction of sp³-hybridized carbons (Fsp3) is 0.429. The molecule has 2 aromatic carbocycles. The molecule has 0 saturated heterocycles. The topological polar surface area (TPSA) is 152 Å². The van der Waals surface area contributed by atoms with Crippen LogP contribution in [0.15, 0.2) is 43.6 Å². The quantitative estimate of drug-likeness (QED) is 0.0846. The number of aromatic nitrogens is 4. The zero-order valence-electron chi connectivity index (χ0n) is 28.6. The van der Waals surface area contributed by atoms with Crippen LogP contribution in [-0.2, 0) is 40.5 Å². The number of halogens is 4. The van der Waals surface area contributed by atoms with Gasteiger partial charge in [0.1, 0.15) is 21.9 Å². The van der Waals surface area contributed by atoms with E-state index in [4.69, 9.17) is 23.2 Å². The first kappa shape index (κ1) is 36.9. The molecule has 1 amide bonds. The number of benzene rings is 2. The van der Waals surface area contributed by atoms with Crippen LogP contribution in [0.25, 0.3) is 22.3 Å². The van der Waals surface area contributed by atoms with E-state index < -0.39 is 39.0 Å². The molecule has 5 heterocycles. The molecule has 4 aliphatic rings. The largest absolute Gasteiger partial charge is 0.468 e. The van der Waals surface area contributed by atoms with Gasteiger partial charge in [-0.25, -0.2) is 18.1 Å². The van der Waals surface area contributed by atoms with Crippen LogP contribution in [0.3, 0.4) is 0 Å². The number of nitrogens with one attached hydrogen (secondary N) is 1. The third-order valence-corrected chi connectivity index (χ3v) is 13.9. The van der Waals surface area contributed by atoms with Crippen molar-refractivity contribution in [3.8, 4) is 22.3 Å². The number of nitrogens with zero attached hydrogens (tertiary/aromatic N) is 5. The number of carbonyl (C=O) groups excluding carboxylic acids is 2. The summed E-state index contributed by atoms with van der Waals surface area (Å²) in [4.78, 5) is 63.5. The maximum atomic E-state index is 15.6. The number of methoxy groups -OCH3 is 1. The maximum Gasteiger partial charge on any atom is 0.315 e. The van der Waals surface area contributed by atoms with E-state index >= 15 is 8.78 Å². The third kappa shape index (κ3) is 6.35. The summed E-state index contributed by atoms with van der Waals surface area (Å²) in [5.74, 6) is -2.35. The standard InChI is InChI=1S/C35H32Cl2F2N6O7S2/c1-52-27(46)15-53-26-13-22(39)20(11-24(26)45(50)51)29-32(37)42-7-4-16(14-44(42)35(29)49)8-17-9-18(17)30-33(47)40-23-10-19(21(38)12-25(23)54-30)28-31(36)41-5-2-3-6-43(41)34(28)48/h10-13,16-18,30H,2-9,14-15H2,1H3,(H,40,47)/t16?,17?,18-,30?/m0/s1. The minimum atomic E-state index is -0.893. The Morgan fingerprint density at radius 2 is 1.63 bits per heavy atom. The Bertz CT molecular complexity index is 2390. The van der Waals surface area contributed by atoms with Gasteiger partial charge in [0.15, 0.2) is 0 Å². The lowest BCUT2D eigenvalue weighted by Gasteiger charge is -2.27. The highest BCUT2D eigenvalue weighted by molar-refractivity contribution is 8.01. The zero-order valence-corrected chi connectivity index (χ0v) is 31.8.